The van der Waals surface area contributed by atoms with E-state index in [0.717, 1.165) is 6.54 Å². The Kier molecular flexibility index (Phi) is 9.03. The summed E-state index contributed by atoms with van der Waals surface area (Å²) in [5.74, 6) is 1.35. The van der Waals surface area contributed by atoms with E-state index in [-0.39, 0.29) is 44.8 Å². The predicted octanol–water partition coefficient (Wildman–Crippen LogP) is -2.68. The van der Waals surface area contributed by atoms with Crippen LogP contribution in [0.1, 0.15) is 24.8 Å². The Labute approximate surface area is 202 Å². The molecule has 7 rings (SSSR count). The zero-order valence-electron chi connectivity index (χ0n) is 18.8. The van der Waals surface area contributed by atoms with Crippen LogP contribution >= 0.6 is 0 Å². The Balaban J connectivity index is 0.000000566. The van der Waals surface area contributed by atoms with Crippen molar-refractivity contribution >= 4 is 22.0 Å². The number of anilines is 1. The number of benzene rings is 1. The zero-order valence-corrected chi connectivity index (χ0v) is 19.7. The second kappa shape index (κ2) is 10.2. The molecule has 1 aromatic carbocycles. The number of rotatable bonds is 0. The van der Waals surface area contributed by atoms with Crippen molar-refractivity contribution in [1.82, 2.24) is 4.90 Å². The molecule has 1 aromatic rings. The summed E-state index contributed by atoms with van der Waals surface area (Å²) in [5, 5.41) is 0. The first-order valence-electron chi connectivity index (χ1n) is 10.4. The number of carbonyl (C=O) groups excluding carboxylic acids is 1. The van der Waals surface area contributed by atoms with Crippen molar-refractivity contribution in [2.24, 2.45) is 11.8 Å². The Morgan fingerprint density at radius 3 is 2.40 bits per heavy atom. The van der Waals surface area contributed by atoms with Crippen LogP contribution in [0, 0.1) is 11.8 Å². The molecular formula is C21H34N2O11S. The average molecular weight is 523 g/mol. The predicted molar refractivity (Wildman–Crippen MR) is 126 cm³/mol. The Morgan fingerprint density at radius 2 is 1.71 bits per heavy atom. The number of hydrogen-bond donors (Lipinski definition) is 2. The van der Waals surface area contributed by atoms with Crippen LogP contribution in [0.2, 0.25) is 0 Å². The van der Waals surface area contributed by atoms with Crippen LogP contribution in [-0.4, -0.2) is 93.6 Å². The number of fused-ring (bicyclic) bond motifs is 2. The monoisotopic (exact) mass is 522 g/mol. The van der Waals surface area contributed by atoms with Crippen LogP contribution in [-0.2, 0) is 25.3 Å². The van der Waals surface area contributed by atoms with Crippen LogP contribution in [0.15, 0.2) is 35.9 Å². The minimum absolute atomic E-state index is 0. The van der Waals surface area contributed by atoms with Crippen molar-refractivity contribution in [3.8, 4) is 0 Å². The van der Waals surface area contributed by atoms with Crippen molar-refractivity contribution in [2.45, 2.75) is 42.9 Å². The number of carbonyl (C=O) groups is 1. The van der Waals surface area contributed by atoms with Crippen molar-refractivity contribution in [1.29, 1.82) is 0 Å². The third-order valence-electron chi connectivity index (χ3n) is 8.22. The molecule has 12 N–H and O–H groups in total. The molecule has 0 unspecified atom stereocenters. The molecule has 1 aliphatic carbocycles. The van der Waals surface area contributed by atoms with Crippen molar-refractivity contribution in [2.75, 3.05) is 24.6 Å². The molecule has 3 saturated heterocycles. The van der Waals surface area contributed by atoms with Crippen molar-refractivity contribution < 1.29 is 54.4 Å². The van der Waals surface area contributed by atoms with Gasteiger partial charge in [-0.15, -0.1) is 0 Å². The first-order chi connectivity index (χ1) is 14.3. The lowest BCUT2D eigenvalue weighted by Gasteiger charge is -2.58. The zero-order chi connectivity index (χ0) is 20.8. The van der Waals surface area contributed by atoms with Crippen LogP contribution in [0.3, 0.4) is 0 Å². The second-order valence-electron chi connectivity index (χ2n) is 9.22. The molecule has 6 atom stereocenters. The highest BCUT2D eigenvalue weighted by molar-refractivity contribution is 7.79. The normalized spacial score (nSPS) is 34.5. The first kappa shape index (κ1) is 31.1. The molecule has 14 heteroatoms. The van der Waals surface area contributed by atoms with Gasteiger partial charge >= 0.3 is 10.4 Å². The van der Waals surface area contributed by atoms with Crippen LogP contribution < -0.4 is 4.90 Å². The largest absolute Gasteiger partial charge is 0.412 e. The molecule has 1 saturated carbocycles. The first-order valence-corrected chi connectivity index (χ1v) is 11.8. The highest BCUT2D eigenvalue weighted by Crippen LogP contribution is 2.65. The topological polar surface area (TPSA) is 265 Å². The van der Waals surface area contributed by atoms with E-state index in [1.165, 1.54) is 30.6 Å². The molecule has 4 fully saturated rings. The third-order valence-corrected chi connectivity index (χ3v) is 8.22. The summed E-state index contributed by atoms with van der Waals surface area (Å²) in [6.07, 6.45) is 5.43. The number of hydrogen-bond acceptors (Lipinski definition) is 5. The molecule has 6 aliphatic rings. The van der Waals surface area contributed by atoms with E-state index in [2.05, 4.69) is 40.1 Å². The lowest BCUT2D eigenvalue weighted by atomic mass is 9.53. The smallest absolute Gasteiger partial charge is 0.394 e. The third kappa shape index (κ3) is 4.19. The van der Waals surface area contributed by atoms with Crippen LogP contribution in [0.4, 0.5) is 5.69 Å². The van der Waals surface area contributed by atoms with Gasteiger partial charge in [0, 0.05) is 29.6 Å². The fourth-order valence-corrected chi connectivity index (χ4v) is 7.51. The van der Waals surface area contributed by atoms with Crippen LogP contribution in [0.25, 0.3) is 0 Å². The molecule has 0 aromatic heterocycles. The maximum atomic E-state index is 13.2. The SMILES string of the molecule is O.O.O.O.O.O=C1C[C@@H]2OCC=C3CN4CC[C@]56c7ccccc7N1[C@H]5[C@H]2[C@H]3C[C@H]46.O=S(=O)(O)O. The number of amides is 1. The molecule has 200 valence electrons. The van der Waals surface area contributed by atoms with E-state index in [1.54, 1.807) is 5.57 Å². The summed E-state index contributed by atoms with van der Waals surface area (Å²) >= 11 is 0. The van der Waals surface area contributed by atoms with E-state index in [4.69, 9.17) is 22.3 Å². The van der Waals surface area contributed by atoms with E-state index in [0.29, 0.717) is 36.9 Å². The van der Waals surface area contributed by atoms with Gasteiger partial charge in [-0.1, -0.05) is 29.8 Å². The summed E-state index contributed by atoms with van der Waals surface area (Å²) in [6, 6.07) is 9.64. The molecular weight excluding hydrogens is 488 g/mol. The van der Waals surface area contributed by atoms with Gasteiger partial charge < -0.3 is 37.0 Å². The molecule has 1 amide bonds. The molecule has 35 heavy (non-hydrogen) atoms. The molecule has 5 heterocycles. The lowest BCUT2D eigenvalue weighted by Crippen LogP contribution is -2.69. The summed E-state index contributed by atoms with van der Waals surface area (Å²) in [6.45, 7) is 2.97. The van der Waals surface area contributed by atoms with E-state index in [1.807, 2.05) is 0 Å². The van der Waals surface area contributed by atoms with Gasteiger partial charge in [0.2, 0.25) is 5.91 Å². The van der Waals surface area contributed by atoms with Gasteiger partial charge in [0.1, 0.15) is 0 Å². The van der Waals surface area contributed by atoms with Crippen molar-refractivity contribution in [3.63, 3.8) is 0 Å². The highest BCUT2D eigenvalue weighted by Gasteiger charge is 2.70. The Morgan fingerprint density at radius 1 is 1.06 bits per heavy atom. The summed E-state index contributed by atoms with van der Waals surface area (Å²) in [5.41, 5.74) is 4.35. The van der Waals surface area contributed by atoms with Gasteiger partial charge in [-0.05, 0) is 36.9 Å². The standard InChI is InChI=1S/C21H22N2O2.H2O4S.5H2O/c24-18-10-16-19-13-9-17-21(6-7-22(17)11-12(13)5-8-25-16)14-3-1-2-4-15(14)23(18)20(19)21;1-5(2,3)4;;;;;/h1-5,13,16-17,19-20H,6-11H2;(H2,1,2,3,4);5*1H2/t13-,16-,17-,19-,20-,21+;;;;;;/m0....../s1. The lowest BCUT2D eigenvalue weighted by molar-refractivity contribution is -0.132. The molecule has 5 aliphatic heterocycles. The number of para-hydroxylation sites is 1. The molecule has 13 nitrogen and oxygen atoms in total. The number of piperidine rings is 2. The maximum Gasteiger partial charge on any atom is 0.394 e. The second-order valence-corrected chi connectivity index (χ2v) is 10.1. The molecule has 1 spiro atoms. The van der Waals surface area contributed by atoms with E-state index >= 15 is 0 Å². The Bertz CT molecular complexity index is 1070. The summed E-state index contributed by atoms with van der Waals surface area (Å²) in [4.78, 5) is 18.1. The summed E-state index contributed by atoms with van der Waals surface area (Å²) in [7, 11) is -4.67. The Hall–Kier alpha value is -1.98. The van der Waals surface area contributed by atoms with Crippen molar-refractivity contribution in [3.05, 3.63) is 41.5 Å². The fourth-order valence-electron chi connectivity index (χ4n) is 7.51. The van der Waals surface area contributed by atoms with Gasteiger partial charge in [0.15, 0.2) is 0 Å². The van der Waals surface area contributed by atoms with Gasteiger partial charge in [-0.2, -0.15) is 8.42 Å². The van der Waals surface area contributed by atoms with Gasteiger partial charge in [0.25, 0.3) is 0 Å². The molecule has 0 radical (unpaired) electrons. The van der Waals surface area contributed by atoms with E-state index in [9.17, 15) is 4.79 Å². The molecule has 2 bridgehead atoms. The van der Waals surface area contributed by atoms with Gasteiger partial charge in [-0.3, -0.25) is 18.8 Å². The van der Waals surface area contributed by atoms with Gasteiger partial charge in [-0.25, -0.2) is 0 Å². The number of nitrogens with zero attached hydrogens (tertiary/aromatic N) is 2. The maximum absolute atomic E-state index is 13.2. The minimum atomic E-state index is -4.67. The van der Waals surface area contributed by atoms with Gasteiger partial charge in [0.05, 0.1) is 25.2 Å². The van der Waals surface area contributed by atoms with Crippen LogP contribution in [0.5, 0.6) is 0 Å². The van der Waals surface area contributed by atoms with E-state index < -0.39 is 10.4 Å². The summed E-state index contributed by atoms with van der Waals surface area (Å²) < 4.78 is 37.8. The minimum Gasteiger partial charge on any atom is -0.412 e. The fraction of sp³-hybridized carbons (Fsp3) is 0.571. The quantitative estimate of drug-likeness (QED) is 0.269. The highest BCUT2D eigenvalue weighted by atomic mass is 32.3. The average Bonchev–Trinajstić information content (AvgIpc) is 3.15. The number of ether oxygens (including phenoxy) is 1.